The van der Waals surface area contributed by atoms with Crippen molar-refractivity contribution in [1.29, 1.82) is 0 Å². The lowest BCUT2D eigenvalue weighted by atomic mass is 9.77. The van der Waals surface area contributed by atoms with Crippen LogP contribution in [0.3, 0.4) is 0 Å². The van der Waals surface area contributed by atoms with Gasteiger partial charge in [-0.15, -0.1) is 0 Å². The van der Waals surface area contributed by atoms with Crippen LogP contribution in [0.5, 0.6) is 5.75 Å². The highest BCUT2D eigenvalue weighted by Crippen LogP contribution is 2.50. The Kier molecular flexibility index (Phi) is 6.63. The second kappa shape index (κ2) is 8.95. The van der Waals surface area contributed by atoms with Crippen molar-refractivity contribution in [1.82, 2.24) is 0 Å². The Balaban J connectivity index is 2.03. The number of fused-ring (bicyclic) bond motifs is 3. The molecule has 1 heterocycles. The summed E-state index contributed by atoms with van der Waals surface area (Å²) in [6.07, 6.45) is 11.2. The molecule has 1 aliphatic heterocycles. The van der Waals surface area contributed by atoms with Crippen LogP contribution >= 0.6 is 0 Å². The number of aryl methyl sites for hydroxylation is 2. The molecule has 0 spiro atoms. The molecule has 0 amide bonds. The summed E-state index contributed by atoms with van der Waals surface area (Å²) < 4.78 is 6.91. The first-order valence-corrected chi connectivity index (χ1v) is 11.0. The van der Waals surface area contributed by atoms with E-state index < -0.39 is 0 Å². The van der Waals surface area contributed by atoms with Gasteiger partial charge in [-0.2, -0.15) is 0 Å². The summed E-state index contributed by atoms with van der Waals surface area (Å²) in [7, 11) is 0. The van der Waals surface area contributed by atoms with Crippen LogP contribution in [0.1, 0.15) is 88.3 Å². The van der Waals surface area contributed by atoms with E-state index in [4.69, 9.17) is 4.74 Å². The van der Waals surface area contributed by atoms with E-state index in [-0.39, 0.29) is 5.60 Å². The zero-order valence-electron chi connectivity index (χ0n) is 17.7. The Morgan fingerprint density at radius 1 is 0.704 bits per heavy atom. The number of hydrogen-bond acceptors (Lipinski definition) is 1. The maximum Gasteiger partial charge on any atom is 0.135 e. The molecule has 1 aliphatic rings. The zero-order chi connectivity index (χ0) is 19.3. The molecule has 0 saturated heterocycles. The SMILES string of the molecule is CCCCCCC1(CCCCC)Oc2cc(C)ccc2-c2ccc(C)cc21. The third-order valence-corrected chi connectivity index (χ3v) is 6.02. The van der Waals surface area contributed by atoms with Crippen LogP contribution in [0, 0.1) is 13.8 Å². The van der Waals surface area contributed by atoms with Gasteiger partial charge in [-0.25, -0.2) is 0 Å². The number of ether oxygens (including phenoxy) is 1. The van der Waals surface area contributed by atoms with Gasteiger partial charge in [0, 0.05) is 11.1 Å². The van der Waals surface area contributed by atoms with Crippen LogP contribution in [-0.2, 0) is 5.60 Å². The molecule has 0 bridgehead atoms. The topological polar surface area (TPSA) is 9.23 Å². The van der Waals surface area contributed by atoms with Crippen molar-refractivity contribution in [2.45, 2.75) is 91.1 Å². The lowest BCUT2D eigenvalue weighted by Crippen LogP contribution is -2.36. The molecule has 0 aromatic heterocycles. The molecule has 1 unspecified atom stereocenters. The molecule has 2 aromatic rings. The van der Waals surface area contributed by atoms with Crippen LogP contribution in [-0.4, -0.2) is 0 Å². The van der Waals surface area contributed by atoms with E-state index in [9.17, 15) is 0 Å². The van der Waals surface area contributed by atoms with Gasteiger partial charge < -0.3 is 4.74 Å². The Morgan fingerprint density at radius 3 is 2.00 bits per heavy atom. The standard InChI is InChI=1S/C26H36O/c1-5-7-9-11-17-26(16-10-8-6-2)24-18-20(3)12-14-22(24)23-15-13-21(4)19-25(23)27-26/h12-15,18-19H,5-11,16-17H2,1-4H3. The Morgan fingerprint density at radius 2 is 1.30 bits per heavy atom. The molecular formula is C26H36O. The van der Waals surface area contributed by atoms with Crippen molar-refractivity contribution >= 4 is 0 Å². The van der Waals surface area contributed by atoms with Crippen molar-refractivity contribution < 1.29 is 4.74 Å². The van der Waals surface area contributed by atoms with Gasteiger partial charge >= 0.3 is 0 Å². The molecule has 3 rings (SSSR count). The van der Waals surface area contributed by atoms with Crippen molar-refractivity contribution in [2.24, 2.45) is 0 Å². The first-order chi connectivity index (χ1) is 13.1. The molecule has 146 valence electrons. The molecular weight excluding hydrogens is 328 g/mol. The van der Waals surface area contributed by atoms with Crippen LogP contribution in [0.25, 0.3) is 11.1 Å². The van der Waals surface area contributed by atoms with Crippen LogP contribution in [0.15, 0.2) is 36.4 Å². The van der Waals surface area contributed by atoms with Gasteiger partial charge in [-0.3, -0.25) is 0 Å². The highest BCUT2D eigenvalue weighted by molar-refractivity contribution is 5.77. The Labute approximate surface area is 166 Å². The van der Waals surface area contributed by atoms with Gasteiger partial charge in [0.25, 0.3) is 0 Å². The minimum absolute atomic E-state index is 0.162. The molecule has 1 atom stereocenters. The first-order valence-electron chi connectivity index (χ1n) is 11.0. The summed E-state index contributed by atoms with van der Waals surface area (Å²) in [6, 6.07) is 13.6. The van der Waals surface area contributed by atoms with Gasteiger partial charge in [-0.05, 0) is 56.7 Å². The molecule has 0 aliphatic carbocycles. The number of hydrogen-bond donors (Lipinski definition) is 0. The van der Waals surface area contributed by atoms with Crippen molar-refractivity contribution in [3.05, 3.63) is 53.1 Å². The zero-order valence-corrected chi connectivity index (χ0v) is 17.7. The van der Waals surface area contributed by atoms with Gasteiger partial charge in [0.1, 0.15) is 11.4 Å². The monoisotopic (exact) mass is 364 g/mol. The quantitative estimate of drug-likeness (QED) is 0.408. The molecule has 0 fully saturated rings. The Bertz CT molecular complexity index is 761. The summed E-state index contributed by atoms with van der Waals surface area (Å²) in [5, 5.41) is 0. The van der Waals surface area contributed by atoms with Crippen molar-refractivity contribution in [3.63, 3.8) is 0 Å². The van der Waals surface area contributed by atoms with E-state index >= 15 is 0 Å². The number of rotatable bonds is 9. The second-order valence-corrected chi connectivity index (χ2v) is 8.41. The molecule has 0 radical (unpaired) electrons. The van der Waals surface area contributed by atoms with Gasteiger partial charge in [0.15, 0.2) is 0 Å². The predicted octanol–water partition coefficient (Wildman–Crippen LogP) is 8.11. The number of benzene rings is 2. The molecule has 0 saturated carbocycles. The first kappa shape index (κ1) is 20.0. The fraction of sp³-hybridized carbons (Fsp3) is 0.538. The van der Waals surface area contributed by atoms with Crippen LogP contribution < -0.4 is 4.74 Å². The van der Waals surface area contributed by atoms with Gasteiger partial charge in [-0.1, -0.05) is 81.8 Å². The van der Waals surface area contributed by atoms with E-state index in [1.54, 1.807) is 0 Å². The summed E-state index contributed by atoms with van der Waals surface area (Å²) >= 11 is 0. The van der Waals surface area contributed by atoms with E-state index in [1.165, 1.54) is 72.8 Å². The summed E-state index contributed by atoms with van der Waals surface area (Å²) in [5.41, 5.74) is 6.51. The average Bonchev–Trinajstić information content (AvgIpc) is 2.65. The fourth-order valence-electron chi connectivity index (χ4n) is 4.47. The third kappa shape index (κ3) is 4.39. The minimum atomic E-state index is -0.162. The second-order valence-electron chi connectivity index (χ2n) is 8.41. The van der Waals surface area contributed by atoms with E-state index in [1.807, 2.05) is 0 Å². The molecule has 1 nitrogen and oxygen atoms in total. The largest absolute Gasteiger partial charge is 0.482 e. The Hall–Kier alpha value is -1.76. The molecule has 1 heteroatoms. The molecule has 27 heavy (non-hydrogen) atoms. The average molecular weight is 365 g/mol. The maximum absolute atomic E-state index is 6.91. The van der Waals surface area contributed by atoms with Gasteiger partial charge in [0.2, 0.25) is 0 Å². The highest BCUT2D eigenvalue weighted by Gasteiger charge is 2.40. The summed E-state index contributed by atoms with van der Waals surface area (Å²) in [4.78, 5) is 0. The van der Waals surface area contributed by atoms with Gasteiger partial charge in [0.05, 0.1) is 0 Å². The predicted molar refractivity (Wildman–Crippen MR) is 117 cm³/mol. The van der Waals surface area contributed by atoms with Crippen molar-refractivity contribution in [3.8, 4) is 16.9 Å². The van der Waals surface area contributed by atoms with E-state index in [2.05, 4.69) is 64.1 Å². The number of unbranched alkanes of at least 4 members (excludes halogenated alkanes) is 5. The normalized spacial score (nSPS) is 17.9. The van der Waals surface area contributed by atoms with Crippen LogP contribution in [0.2, 0.25) is 0 Å². The van der Waals surface area contributed by atoms with Crippen LogP contribution in [0.4, 0.5) is 0 Å². The molecule has 0 N–H and O–H groups in total. The maximum atomic E-state index is 6.91. The minimum Gasteiger partial charge on any atom is -0.482 e. The lowest BCUT2D eigenvalue weighted by molar-refractivity contribution is 0.0386. The summed E-state index contributed by atoms with van der Waals surface area (Å²) in [5.74, 6) is 1.08. The summed E-state index contributed by atoms with van der Waals surface area (Å²) in [6.45, 7) is 8.94. The lowest BCUT2D eigenvalue weighted by Gasteiger charge is -2.41. The van der Waals surface area contributed by atoms with Crippen molar-refractivity contribution in [2.75, 3.05) is 0 Å². The molecule has 2 aromatic carbocycles. The van der Waals surface area contributed by atoms with E-state index in [0.717, 1.165) is 18.6 Å². The highest BCUT2D eigenvalue weighted by atomic mass is 16.5. The third-order valence-electron chi connectivity index (χ3n) is 6.02. The fourth-order valence-corrected chi connectivity index (χ4v) is 4.47. The van der Waals surface area contributed by atoms with E-state index in [0.29, 0.717) is 0 Å². The smallest absolute Gasteiger partial charge is 0.135 e.